The molecule has 4 rings (SSSR count). The lowest BCUT2D eigenvalue weighted by atomic mass is 9.90. The van der Waals surface area contributed by atoms with Crippen molar-refractivity contribution in [3.63, 3.8) is 0 Å². The Hall–Kier alpha value is -1.94. The first-order valence-electron chi connectivity index (χ1n) is 8.32. The predicted octanol–water partition coefficient (Wildman–Crippen LogP) is 2.43. The third-order valence-corrected chi connectivity index (χ3v) is 4.74. The zero-order valence-corrected chi connectivity index (χ0v) is 12.9. The minimum absolute atomic E-state index is 0.979. The third kappa shape index (κ3) is 2.71. The first-order chi connectivity index (χ1) is 10.9. The Morgan fingerprint density at radius 3 is 2.45 bits per heavy atom. The van der Waals surface area contributed by atoms with E-state index in [2.05, 4.69) is 50.7 Å². The van der Waals surface area contributed by atoms with Gasteiger partial charge in [0.05, 0.1) is 5.69 Å². The summed E-state index contributed by atoms with van der Waals surface area (Å²) in [5.41, 5.74) is 5.18. The van der Waals surface area contributed by atoms with Crippen LogP contribution in [-0.4, -0.2) is 36.4 Å². The van der Waals surface area contributed by atoms with Crippen LogP contribution in [0.5, 0.6) is 0 Å². The van der Waals surface area contributed by atoms with E-state index in [1.165, 1.54) is 42.4 Å². The average molecular weight is 294 g/mol. The molecule has 114 valence electrons. The van der Waals surface area contributed by atoms with E-state index in [4.69, 9.17) is 0 Å². The summed E-state index contributed by atoms with van der Waals surface area (Å²) in [5.74, 6) is 0.989. The number of nitrogens with zero attached hydrogens (tertiary/aromatic N) is 3. The van der Waals surface area contributed by atoms with Gasteiger partial charge in [-0.3, -0.25) is 0 Å². The Kier molecular flexibility index (Phi) is 3.77. The molecule has 0 amide bonds. The zero-order chi connectivity index (χ0) is 14.8. The second-order valence-electron chi connectivity index (χ2n) is 6.20. The molecule has 2 aromatic rings. The lowest BCUT2D eigenvalue weighted by Gasteiger charge is -2.27. The molecule has 22 heavy (non-hydrogen) atoms. The molecule has 1 aliphatic carbocycles. The average Bonchev–Trinajstić information content (AvgIpc) is 2.62. The molecule has 1 aromatic heterocycles. The van der Waals surface area contributed by atoms with Crippen LogP contribution in [0.2, 0.25) is 0 Å². The first-order valence-corrected chi connectivity index (χ1v) is 8.32. The second-order valence-corrected chi connectivity index (χ2v) is 6.20. The fraction of sp³-hybridized carbons (Fsp3) is 0.444. The van der Waals surface area contributed by atoms with Crippen LogP contribution in [0.4, 0.5) is 5.82 Å². The van der Waals surface area contributed by atoms with E-state index in [9.17, 15) is 0 Å². The van der Waals surface area contributed by atoms with Crippen molar-refractivity contribution in [1.29, 1.82) is 0 Å². The number of benzene rings is 1. The molecule has 0 saturated carbocycles. The zero-order valence-electron chi connectivity index (χ0n) is 12.9. The van der Waals surface area contributed by atoms with Gasteiger partial charge in [0, 0.05) is 31.7 Å². The number of aryl methyl sites for hydroxylation is 2. The van der Waals surface area contributed by atoms with Gasteiger partial charge in [-0.2, -0.15) is 0 Å². The van der Waals surface area contributed by atoms with Gasteiger partial charge in [-0.1, -0.05) is 12.1 Å². The van der Waals surface area contributed by atoms with Crippen LogP contribution in [0, 0.1) is 0 Å². The van der Waals surface area contributed by atoms with Gasteiger partial charge in [-0.25, -0.2) is 0 Å². The van der Waals surface area contributed by atoms with Crippen molar-refractivity contribution in [3.05, 3.63) is 41.5 Å². The maximum atomic E-state index is 4.46. The molecule has 2 heterocycles. The summed E-state index contributed by atoms with van der Waals surface area (Å²) in [4.78, 5) is 2.29. The van der Waals surface area contributed by atoms with Crippen LogP contribution in [0.15, 0.2) is 30.3 Å². The summed E-state index contributed by atoms with van der Waals surface area (Å²) < 4.78 is 0. The Labute approximate surface area is 131 Å². The quantitative estimate of drug-likeness (QED) is 0.923. The highest BCUT2D eigenvalue weighted by molar-refractivity contribution is 5.62. The highest BCUT2D eigenvalue weighted by Gasteiger charge is 2.13. The van der Waals surface area contributed by atoms with Gasteiger partial charge in [0.1, 0.15) is 0 Å². The Balaban J connectivity index is 1.57. The fourth-order valence-corrected chi connectivity index (χ4v) is 3.43. The summed E-state index contributed by atoms with van der Waals surface area (Å²) in [7, 11) is 0. The number of rotatable bonds is 2. The number of nitrogens with one attached hydrogen (secondary N) is 1. The largest absolute Gasteiger partial charge is 0.353 e. The number of aromatic nitrogens is 2. The van der Waals surface area contributed by atoms with Crippen molar-refractivity contribution in [3.8, 4) is 11.3 Å². The molecular weight excluding hydrogens is 272 g/mol. The van der Waals surface area contributed by atoms with Crippen molar-refractivity contribution in [2.75, 3.05) is 31.1 Å². The van der Waals surface area contributed by atoms with E-state index in [1.54, 1.807) is 0 Å². The molecule has 1 aliphatic heterocycles. The number of fused-ring (bicyclic) bond motifs is 1. The molecule has 2 aliphatic rings. The molecule has 0 radical (unpaired) electrons. The SMILES string of the molecule is c1cc2c(cc1-c1ccc(N3CCNCC3)nn1)CCCC2. The number of anilines is 1. The standard InChI is InChI=1S/C18H22N4/c1-2-4-15-13-16(6-5-14(15)3-1)17-7-8-18(21-20-17)22-11-9-19-10-12-22/h5-8,13,19H,1-4,9-12H2. The maximum absolute atomic E-state index is 4.46. The normalized spacial score (nSPS) is 18.1. The molecule has 0 bridgehead atoms. The van der Waals surface area contributed by atoms with Gasteiger partial charge >= 0.3 is 0 Å². The van der Waals surface area contributed by atoms with Crippen LogP contribution in [0.3, 0.4) is 0 Å². The van der Waals surface area contributed by atoms with E-state index in [0.29, 0.717) is 0 Å². The lowest BCUT2D eigenvalue weighted by molar-refractivity contribution is 0.583. The number of hydrogen-bond acceptors (Lipinski definition) is 4. The summed E-state index contributed by atoms with van der Waals surface area (Å²) in [6.45, 7) is 4.06. The molecule has 0 atom stereocenters. The Morgan fingerprint density at radius 2 is 1.68 bits per heavy atom. The second kappa shape index (κ2) is 6.05. The third-order valence-electron chi connectivity index (χ3n) is 4.74. The molecule has 1 aromatic carbocycles. The summed E-state index contributed by atoms with van der Waals surface area (Å²) >= 11 is 0. The van der Waals surface area contributed by atoms with E-state index < -0.39 is 0 Å². The minimum Gasteiger partial charge on any atom is -0.353 e. The molecule has 1 fully saturated rings. The first kappa shape index (κ1) is 13.7. The molecule has 1 N–H and O–H groups in total. The lowest BCUT2D eigenvalue weighted by Crippen LogP contribution is -2.43. The highest BCUT2D eigenvalue weighted by Crippen LogP contribution is 2.26. The molecule has 0 spiro atoms. The van der Waals surface area contributed by atoms with Crippen LogP contribution in [0.25, 0.3) is 11.3 Å². The van der Waals surface area contributed by atoms with Crippen molar-refractivity contribution in [2.45, 2.75) is 25.7 Å². The molecule has 4 heteroatoms. The smallest absolute Gasteiger partial charge is 0.151 e. The summed E-state index contributed by atoms with van der Waals surface area (Å²) in [5, 5.41) is 12.3. The Morgan fingerprint density at radius 1 is 0.864 bits per heavy atom. The monoisotopic (exact) mass is 294 g/mol. The van der Waals surface area contributed by atoms with Gasteiger partial charge in [0.15, 0.2) is 5.82 Å². The van der Waals surface area contributed by atoms with E-state index in [1.807, 2.05) is 0 Å². The van der Waals surface area contributed by atoms with Crippen molar-refractivity contribution in [2.24, 2.45) is 0 Å². The predicted molar refractivity (Wildman–Crippen MR) is 89.2 cm³/mol. The van der Waals surface area contributed by atoms with Crippen LogP contribution >= 0.6 is 0 Å². The van der Waals surface area contributed by atoms with Gasteiger partial charge < -0.3 is 10.2 Å². The van der Waals surface area contributed by atoms with E-state index >= 15 is 0 Å². The topological polar surface area (TPSA) is 41.0 Å². The van der Waals surface area contributed by atoms with Crippen LogP contribution in [-0.2, 0) is 12.8 Å². The molecule has 1 saturated heterocycles. The van der Waals surface area contributed by atoms with Gasteiger partial charge in [0.2, 0.25) is 0 Å². The summed E-state index contributed by atoms with van der Waals surface area (Å²) in [6, 6.07) is 11.0. The van der Waals surface area contributed by atoms with Gasteiger partial charge in [-0.15, -0.1) is 10.2 Å². The maximum Gasteiger partial charge on any atom is 0.151 e. The van der Waals surface area contributed by atoms with Gasteiger partial charge in [-0.05, 0) is 55.0 Å². The van der Waals surface area contributed by atoms with Crippen molar-refractivity contribution < 1.29 is 0 Å². The van der Waals surface area contributed by atoms with Crippen LogP contribution < -0.4 is 10.2 Å². The Bertz CT molecular complexity index is 645. The molecule has 4 nitrogen and oxygen atoms in total. The summed E-state index contributed by atoms with van der Waals surface area (Å²) in [6.07, 6.45) is 5.06. The van der Waals surface area contributed by atoms with E-state index in [0.717, 1.165) is 37.7 Å². The van der Waals surface area contributed by atoms with E-state index in [-0.39, 0.29) is 0 Å². The van der Waals surface area contributed by atoms with Crippen molar-refractivity contribution in [1.82, 2.24) is 15.5 Å². The minimum atomic E-state index is 0.979. The number of hydrogen-bond donors (Lipinski definition) is 1. The van der Waals surface area contributed by atoms with Gasteiger partial charge in [0.25, 0.3) is 0 Å². The van der Waals surface area contributed by atoms with Crippen LogP contribution in [0.1, 0.15) is 24.0 Å². The number of piperazine rings is 1. The fourth-order valence-electron chi connectivity index (χ4n) is 3.43. The molecular formula is C18H22N4. The highest BCUT2D eigenvalue weighted by atomic mass is 15.3. The molecule has 0 unspecified atom stereocenters. The van der Waals surface area contributed by atoms with Crippen molar-refractivity contribution >= 4 is 5.82 Å².